The van der Waals surface area contributed by atoms with E-state index < -0.39 is 0 Å². The Balaban J connectivity index is 1.67. The third-order valence-corrected chi connectivity index (χ3v) is 4.63. The number of hydrogen-bond donors (Lipinski definition) is 2. The fourth-order valence-corrected chi connectivity index (χ4v) is 3.35. The Hall–Kier alpha value is -3.41. The van der Waals surface area contributed by atoms with Crippen LogP contribution in [0.3, 0.4) is 0 Å². The van der Waals surface area contributed by atoms with Gasteiger partial charge in [-0.3, -0.25) is 4.79 Å². The monoisotopic (exact) mass is 373 g/mol. The SMILES string of the molecule is CC(=O)Nc1cccc(Nc2cc(N3CCCC3)nc(-c3ccccc3)n2)c1. The van der Waals surface area contributed by atoms with E-state index in [0.717, 1.165) is 41.7 Å². The van der Waals surface area contributed by atoms with E-state index in [1.54, 1.807) is 0 Å². The first kappa shape index (κ1) is 18.0. The highest BCUT2D eigenvalue weighted by atomic mass is 16.1. The third-order valence-electron chi connectivity index (χ3n) is 4.63. The number of anilines is 4. The maximum Gasteiger partial charge on any atom is 0.221 e. The minimum Gasteiger partial charge on any atom is -0.356 e. The Labute approximate surface area is 164 Å². The molecule has 0 radical (unpaired) electrons. The number of carbonyl (C=O) groups excluding carboxylic acids is 1. The van der Waals surface area contributed by atoms with E-state index in [9.17, 15) is 4.79 Å². The highest BCUT2D eigenvalue weighted by Crippen LogP contribution is 2.27. The molecule has 142 valence electrons. The topological polar surface area (TPSA) is 70.2 Å². The molecule has 0 spiro atoms. The quantitative estimate of drug-likeness (QED) is 0.692. The highest BCUT2D eigenvalue weighted by Gasteiger charge is 2.16. The molecule has 0 atom stereocenters. The number of carbonyl (C=O) groups is 1. The summed E-state index contributed by atoms with van der Waals surface area (Å²) in [6.45, 7) is 3.53. The molecule has 1 aromatic heterocycles. The van der Waals surface area contributed by atoms with Gasteiger partial charge in [0, 0.05) is 43.0 Å². The lowest BCUT2D eigenvalue weighted by molar-refractivity contribution is -0.114. The van der Waals surface area contributed by atoms with Crippen molar-refractivity contribution in [3.05, 3.63) is 60.7 Å². The van der Waals surface area contributed by atoms with Crippen molar-refractivity contribution < 1.29 is 4.79 Å². The van der Waals surface area contributed by atoms with Crippen LogP contribution in [0.1, 0.15) is 19.8 Å². The fourth-order valence-electron chi connectivity index (χ4n) is 3.35. The van der Waals surface area contributed by atoms with Crippen LogP contribution in [0.2, 0.25) is 0 Å². The molecule has 6 nitrogen and oxygen atoms in total. The number of aromatic nitrogens is 2. The average Bonchev–Trinajstić information content (AvgIpc) is 3.23. The van der Waals surface area contributed by atoms with Crippen molar-refractivity contribution in [3.63, 3.8) is 0 Å². The van der Waals surface area contributed by atoms with Crippen LogP contribution in [-0.2, 0) is 4.79 Å². The van der Waals surface area contributed by atoms with Crippen molar-refractivity contribution in [1.29, 1.82) is 0 Å². The van der Waals surface area contributed by atoms with Gasteiger partial charge in [-0.25, -0.2) is 9.97 Å². The molecule has 1 amide bonds. The summed E-state index contributed by atoms with van der Waals surface area (Å²) in [5.74, 6) is 2.27. The molecule has 1 aliphatic rings. The lowest BCUT2D eigenvalue weighted by Crippen LogP contribution is -2.19. The molecule has 1 aliphatic heterocycles. The molecule has 4 rings (SSSR count). The first-order valence-corrected chi connectivity index (χ1v) is 9.51. The number of benzene rings is 2. The fraction of sp³-hybridized carbons (Fsp3) is 0.227. The summed E-state index contributed by atoms with van der Waals surface area (Å²) in [4.78, 5) is 23.1. The predicted octanol–water partition coefficient (Wildman–Crippen LogP) is 4.45. The number of hydrogen-bond acceptors (Lipinski definition) is 5. The van der Waals surface area contributed by atoms with Crippen molar-refractivity contribution in [1.82, 2.24) is 9.97 Å². The first-order chi connectivity index (χ1) is 13.7. The molecule has 1 fully saturated rings. The predicted molar refractivity (Wildman–Crippen MR) is 113 cm³/mol. The third kappa shape index (κ3) is 4.28. The van der Waals surface area contributed by atoms with E-state index in [-0.39, 0.29) is 5.91 Å². The molecule has 1 saturated heterocycles. The molecular formula is C22H23N5O. The second kappa shape index (κ2) is 8.08. The molecule has 2 heterocycles. The average molecular weight is 373 g/mol. The van der Waals surface area contributed by atoms with Gasteiger partial charge in [0.05, 0.1) is 0 Å². The number of rotatable bonds is 5. The molecule has 0 unspecified atom stereocenters. The Morgan fingerprint density at radius 3 is 2.43 bits per heavy atom. The van der Waals surface area contributed by atoms with Crippen molar-refractivity contribution in [2.75, 3.05) is 28.6 Å². The first-order valence-electron chi connectivity index (χ1n) is 9.51. The van der Waals surface area contributed by atoms with Gasteiger partial charge in [-0.15, -0.1) is 0 Å². The summed E-state index contributed by atoms with van der Waals surface area (Å²) in [7, 11) is 0. The van der Waals surface area contributed by atoms with Crippen LogP contribution >= 0.6 is 0 Å². The molecule has 0 aliphatic carbocycles. The van der Waals surface area contributed by atoms with Crippen molar-refractivity contribution >= 4 is 28.9 Å². The molecule has 2 aromatic carbocycles. The highest BCUT2D eigenvalue weighted by molar-refractivity contribution is 5.89. The Morgan fingerprint density at radius 1 is 0.929 bits per heavy atom. The second-order valence-electron chi connectivity index (χ2n) is 6.88. The minimum atomic E-state index is -0.0955. The molecule has 6 heteroatoms. The van der Waals surface area contributed by atoms with E-state index in [2.05, 4.69) is 15.5 Å². The summed E-state index contributed by atoms with van der Waals surface area (Å²) < 4.78 is 0. The van der Waals surface area contributed by atoms with Gasteiger partial charge in [0.1, 0.15) is 11.6 Å². The Kier molecular flexibility index (Phi) is 5.19. The zero-order valence-corrected chi connectivity index (χ0v) is 15.9. The molecule has 0 bridgehead atoms. The van der Waals surface area contributed by atoms with Crippen LogP contribution in [0.5, 0.6) is 0 Å². The van der Waals surface area contributed by atoms with Gasteiger partial charge < -0.3 is 15.5 Å². The molecule has 0 saturated carbocycles. The van der Waals surface area contributed by atoms with Crippen LogP contribution < -0.4 is 15.5 Å². The van der Waals surface area contributed by atoms with Crippen LogP contribution in [0.4, 0.5) is 23.0 Å². The van der Waals surface area contributed by atoms with Gasteiger partial charge in [-0.1, -0.05) is 36.4 Å². The summed E-state index contributed by atoms with van der Waals surface area (Å²) >= 11 is 0. The van der Waals surface area contributed by atoms with Crippen molar-refractivity contribution in [2.45, 2.75) is 19.8 Å². The normalized spacial score (nSPS) is 13.4. The van der Waals surface area contributed by atoms with E-state index in [0.29, 0.717) is 5.82 Å². The van der Waals surface area contributed by atoms with Gasteiger partial charge in [-0.05, 0) is 31.0 Å². The standard InChI is InChI=1S/C22H23N5O/c1-16(28)23-18-10-7-11-19(14-18)24-20-15-21(27-12-5-6-13-27)26-22(25-20)17-8-3-2-4-9-17/h2-4,7-11,14-15H,5-6,12-13H2,1H3,(H,23,28)(H,24,25,26). The zero-order valence-electron chi connectivity index (χ0n) is 15.9. The minimum absolute atomic E-state index is 0.0955. The van der Waals surface area contributed by atoms with Gasteiger partial charge in [0.25, 0.3) is 0 Å². The van der Waals surface area contributed by atoms with E-state index >= 15 is 0 Å². The Morgan fingerprint density at radius 2 is 1.68 bits per heavy atom. The second-order valence-corrected chi connectivity index (χ2v) is 6.88. The van der Waals surface area contributed by atoms with Crippen LogP contribution in [0.25, 0.3) is 11.4 Å². The van der Waals surface area contributed by atoms with Crippen molar-refractivity contribution in [2.24, 2.45) is 0 Å². The summed E-state index contributed by atoms with van der Waals surface area (Å²) in [6, 6.07) is 19.6. The van der Waals surface area contributed by atoms with E-state index in [1.165, 1.54) is 19.8 Å². The molecule has 28 heavy (non-hydrogen) atoms. The lowest BCUT2D eigenvalue weighted by Gasteiger charge is -2.18. The van der Waals surface area contributed by atoms with Crippen LogP contribution in [0.15, 0.2) is 60.7 Å². The number of nitrogens with one attached hydrogen (secondary N) is 2. The maximum absolute atomic E-state index is 11.3. The summed E-state index contributed by atoms with van der Waals surface area (Å²) in [5, 5.41) is 6.17. The molecule has 2 N–H and O–H groups in total. The number of amides is 1. The maximum atomic E-state index is 11.3. The summed E-state index contributed by atoms with van der Waals surface area (Å²) in [5.41, 5.74) is 2.59. The van der Waals surface area contributed by atoms with Gasteiger partial charge in [0.15, 0.2) is 5.82 Å². The largest absolute Gasteiger partial charge is 0.356 e. The molecular weight excluding hydrogens is 350 g/mol. The summed E-state index contributed by atoms with van der Waals surface area (Å²) in [6.07, 6.45) is 2.37. The van der Waals surface area contributed by atoms with Gasteiger partial charge in [0.2, 0.25) is 5.91 Å². The Bertz CT molecular complexity index is 968. The van der Waals surface area contributed by atoms with E-state index in [1.807, 2.05) is 60.7 Å². The van der Waals surface area contributed by atoms with Crippen LogP contribution in [-0.4, -0.2) is 29.0 Å². The molecule has 3 aromatic rings. The van der Waals surface area contributed by atoms with Crippen LogP contribution in [0, 0.1) is 0 Å². The van der Waals surface area contributed by atoms with Gasteiger partial charge in [-0.2, -0.15) is 0 Å². The van der Waals surface area contributed by atoms with E-state index in [4.69, 9.17) is 9.97 Å². The zero-order chi connectivity index (χ0) is 19.3. The smallest absolute Gasteiger partial charge is 0.221 e. The number of nitrogens with zero attached hydrogens (tertiary/aromatic N) is 3. The van der Waals surface area contributed by atoms with Crippen molar-refractivity contribution in [3.8, 4) is 11.4 Å². The van der Waals surface area contributed by atoms with Gasteiger partial charge >= 0.3 is 0 Å². The lowest BCUT2D eigenvalue weighted by atomic mass is 10.2.